The lowest BCUT2D eigenvalue weighted by molar-refractivity contribution is 0.0645. The van der Waals surface area contributed by atoms with Crippen molar-refractivity contribution in [2.45, 2.75) is 18.6 Å². The Bertz CT molecular complexity index is 638. The Balaban J connectivity index is 1.96. The zero-order valence-corrected chi connectivity index (χ0v) is 12.1. The van der Waals surface area contributed by atoms with Crippen LogP contribution in [0.25, 0.3) is 0 Å². The van der Waals surface area contributed by atoms with Gasteiger partial charge in [-0.25, -0.2) is 0 Å². The lowest BCUT2D eigenvalue weighted by atomic mass is 9.94. The summed E-state index contributed by atoms with van der Waals surface area (Å²) >= 11 is 0. The smallest absolute Gasteiger partial charge is 0.130 e. The summed E-state index contributed by atoms with van der Waals surface area (Å²) in [5, 5.41) is 10.3. The third kappa shape index (κ3) is 2.54. The maximum Gasteiger partial charge on any atom is 0.130 e. The van der Waals surface area contributed by atoms with Crippen LogP contribution in [-0.4, -0.2) is 19.3 Å². The lowest BCUT2D eigenvalue weighted by Gasteiger charge is -2.30. The van der Waals surface area contributed by atoms with E-state index < -0.39 is 6.10 Å². The number of hydrogen-bond donors (Lipinski definition) is 1. The Kier molecular flexibility index (Phi) is 3.71. The van der Waals surface area contributed by atoms with Gasteiger partial charge in [-0.3, -0.25) is 0 Å². The molecule has 21 heavy (non-hydrogen) atoms. The molecule has 110 valence electrons. The summed E-state index contributed by atoms with van der Waals surface area (Å²) in [5.41, 5.74) is 1.74. The summed E-state index contributed by atoms with van der Waals surface area (Å²) in [6.45, 7) is 0. The molecule has 1 N–H and O–H groups in total. The quantitative estimate of drug-likeness (QED) is 0.941. The predicted molar refractivity (Wildman–Crippen MR) is 78.9 cm³/mol. The molecule has 2 aromatic carbocycles. The standard InChI is InChI=1S/C17H18O4/c1-19-11-7-8-13(16(9-11)20-2)17-10-14(18)12-5-3-4-6-15(12)21-17/h3-9,14,17-18H,10H2,1-2H3/t14-,17?/m0/s1. The van der Waals surface area contributed by atoms with Gasteiger partial charge < -0.3 is 19.3 Å². The normalized spacial score (nSPS) is 20.3. The number of rotatable bonds is 3. The van der Waals surface area contributed by atoms with Gasteiger partial charge in [-0.2, -0.15) is 0 Å². The molecule has 0 bridgehead atoms. The number of aliphatic hydroxyl groups excluding tert-OH is 1. The molecule has 0 spiro atoms. The van der Waals surface area contributed by atoms with Gasteiger partial charge in [0.15, 0.2) is 0 Å². The highest BCUT2D eigenvalue weighted by molar-refractivity contribution is 5.45. The van der Waals surface area contributed by atoms with E-state index in [0.717, 1.165) is 22.6 Å². The van der Waals surface area contributed by atoms with E-state index in [2.05, 4.69) is 0 Å². The molecule has 4 heteroatoms. The molecule has 1 unspecified atom stereocenters. The van der Waals surface area contributed by atoms with E-state index in [1.807, 2.05) is 42.5 Å². The topological polar surface area (TPSA) is 47.9 Å². The number of aliphatic hydroxyl groups is 1. The summed E-state index contributed by atoms with van der Waals surface area (Å²) < 4.78 is 16.7. The minimum atomic E-state index is -0.535. The summed E-state index contributed by atoms with van der Waals surface area (Å²) in [6.07, 6.45) is -0.276. The largest absolute Gasteiger partial charge is 0.497 e. The van der Waals surface area contributed by atoms with Gasteiger partial charge in [0.25, 0.3) is 0 Å². The fourth-order valence-electron chi connectivity index (χ4n) is 2.67. The molecular formula is C17H18O4. The van der Waals surface area contributed by atoms with Gasteiger partial charge in [-0.05, 0) is 18.2 Å². The van der Waals surface area contributed by atoms with E-state index in [9.17, 15) is 5.11 Å². The van der Waals surface area contributed by atoms with Crippen LogP contribution in [-0.2, 0) is 0 Å². The van der Waals surface area contributed by atoms with Crippen molar-refractivity contribution in [3.8, 4) is 17.2 Å². The van der Waals surface area contributed by atoms with Crippen LogP contribution in [0.15, 0.2) is 42.5 Å². The summed E-state index contributed by atoms with van der Waals surface area (Å²) in [5.74, 6) is 2.15. The number of benzene rings is 2. The van der Waals surface area contributed by atoms with E-state index in [1.165, 1.54) is 0 Å². The Morgan fingerprint density at radius 2 is 1.86 bits per heavy atom. The molecule has 2 atom stereocenters. The molecule has 0 radical (unpaired) electrons. The van der Waals surface area contributed by atoms with Crippen LogP contribution in [0, 0.1) is 0 Å². The third-order valence-corrected chi connectivity index (χ3v) is 3.77. The fourth-order valence-corrected chi connectivity index (χ4v) is 2.67. The first-order chi connectivity index (χ1) is 10.2. The van der Waals surface area contributed by atoms with Crippen LogP contribution in [0.1, 0.15) is 29.8 Å². The highest BCUT2D eigenvalue weighted by atomic mass is 16.5. The zero-order valence-electron chi connectivity index (χ0n) is 12.1. The number of fused-ring (bicyclic) bond motifs is 1. The molecule has 0 aliphatic carbocycles. The van der Waals surface area contributed by atoms with Crippen LogP contribution >= 0.6 is 0 Å². The van der Waals surface area contributed by atoms with Gasteiger partial charge >= 0.3 is 0 Å². The number of para-hydroxylation sites is 1. The molecule has 1 aliphatic rings. The molecule has 0 saturated carbocycles. The molecule has 0 saturated heterocycles. The highest BCUT2D eigenvalue weighted by Crippen LogP contribution is 2.43. The Labute approximate surface area is 123 Å². The Morgan fingerprint density at radius 1 is 1.05 bits per heavy atom. The lowest BCUT2D eigenvalue weighted by Crippen LogP contribution is -2.19. The second-order valence-electron chi connectivity index (χ2n) is 5.00. The van der Waals surface area contributed by atoms with E-state index >= 15 is 0 Å². The van der Waals surface area contributed by atoms with Crippen LogP contribution < -0.4 is 14.2 Å². The first kappa shape index (κ1) is 13.8. The summed E-state index contributed by atoms with van der Waals surface area (Å²) in [4.78, 5) is 0. The van der Waals surface area contributed by atoms with Crippen molar-refractivity contribution < 1.29 is 19.3 Å². The van der Waals surface area contributed by atoms with Crippen molar-refractivity contribution in [2.75, 3.05) is 14.2 Å². The van der Waals surface area contributed by atoms with Gasteiger partial charge in [0.05, 0.1) is 20.3 Å². The molecule has 1 aliphatic heterocycles. The maximum absolute atomic E-state index is 10.3. The van der Waals surface area contributed by atoms with Crippen molar-refractivity contribution in [3.05, 3.63) is 53.6 Å². The fraction of sp³-hybridized carbons (Fsp3) is 0.294. The average Bonchev–Trinajstić information content (AvgIpc) is 2.54. The maximum atomic E-state index is 10.3. The minimum absolute atomic E-state index is 0.240. The number of methoxy groups -OCH3 is 2. The molecule has 3 rings (SSSR count). The van der Waals surface area contributed by atoms with E-state index in [1.54, 1.807) is 14.2 Å². The van der Waals surface area contributed by atoms with Gasteiger partial charge in [0.1, 0.15) is 23.4 Å². The van der Waals surface area contributed by atoms with Crippen molar-refractivity contribution in [2.24, 2.45) is 0 Å². The predicted octanol–water partition coefficient (Wildman–Crippen LogP) is 3.26. The Morgan fingerprint density at radius 3 is 2.62 bits per heavy atom. The van der Waals surface area contributed by atoms with Crippen LogP contribution in [0.3, 0.4) is 0 Å². The van der Waals surface area contributed by atoms with E-state index in [4.69, 9.17) is 14.2 Å². The van der Waals surface area contributed by atoms with Crippen LogP contribution in [0.4, 0.5) is 0 Å². The minimum Gasteiger partial charge on any atom is -0.497 e. The molecule has 0 amide bonds. The molecule has 0 aromatic heterocycles. The third-order valence-electron chi connectivity index (χ3n) is 3.77. The summed E-state index contributed by atoms with van der Waals surface area (Å²) in [6, 6.07) is 13.2. The molecular weight excluding hydrogens is 268 g/mol. The van der Waals surface area contributed by atoms with Crippen LogP contribution in [0.2, 0.25) is 0 Å². The van der Waals surface area contributed by atoms with Crippen molar-refractivity contribution in [1.82, 2.24) is 0 Å². The molecule has 1 heterocycles. The van der Waals surface area contributed by atoms with Crippen molar-refractivity contribution in [3.63, 3.8) is 0 Å². The molecule has 2 aromatic rings. The monoisotopic (exact) mass is 286 g/mol. The molecule has 4 nitrogen and oxygen atoms in total. The second-order valence-corrected chi connectivity index (χ2v) is 5.00. The SMILES string of the molecule is COc1ccc(C2C[C@H](O)c3ccccc3O2)c(OC)c1. The van der Waals surface area contributed by atoms with Gasteiger partial charge in [0.2, 0.25) is 0 Å². The summed E-state index contributed by atoms with van der Waals surface area (Å²) in [7, 11) is 3.23. The van der Waals surface area contributed by atoms with Crippen LogP contribution in [0.5, 0.6) is 17.2 Å². The van der Waals surface area contributed by atoms with E-state index in [-0.39, 0.29) is 6.10 Å². The second kappa shape index (κ2) is 5.66. The highest BCUT2D eigenvalue weighted by Gasteiger charge is 2.29. The van der Waals surface area contributed by atoms with Gasteiger partial charge in [0, 0.05) is 23.6 Å². The first-order valence-corrected chi connectivity index (χ1v) is 6.88. The van der Waals surface area contributed by atoms with E-state index in [0.29, 0.717) is 12.2 Å². The zero-order chi connectivity index (χ0) is 14.8. The van der Waals surface area contributed by atoms with Crippen molar-refractivity contribution in [1.29, 1.82) is 0 Å². The molecule has 0 fully saturated rings. The van der Waals surface area contributed by atoms with Gasteiger partial charge in [-0.15, -0.1) is 0 Å². The van der Waals surface area contributed by atoms with Gasteiger partial charge in [-0.1, -0.05) is 18.2 Å². The first-order valence-electron chi connectivity index (χ1n) is 6.88. The average molecular weight is 286 g/mol. The Hall–Kier alpha value is -2.20. The van der Waals surface area contributed by atoms with Crippen molar-refractivity contribution >= 4 is 0 Å². The number of ether oxygens (including phenoxy) is 3. The number of hydrogen-bond acceptors (Lipinski definition) is 4.